The van der Waals surface area contributed by atoms with Gasteiger partial charge in [0, 0.05) is 7.05 Å². The van der Waals surface area contributed by atoms with E-state index >= 15 is 0 Å². The molecule has 0 saturated carbocycles. The van der Waals surface area contributed by atoms with Crippen molar-refractivity contribution in [2.24, 2.45) is 7.05 Å². The molecule has 0 amide bonds. The molecular weight excluding hydrogens is 203 g/mol. The maximum absolute atomic E-state index is 14.0. The number of benzene rings is 1. The Morgan fingerprint density at radius 3 is 2.62 bits per heavy atom. The Morgan fingerprint density at radius 2 is 2.06 bits per heavy atom. The van der Waals surface area contributed by atoms with Crippen molar-refractivity contribution in [2.75, 3.05) is 0 Å². The zero-order valence-corrected chi connectivity index (χ0v) is 10.2. The maximum atomic E-state index is 14.0. The number of halogens is 1. The molecule has 0 spiro atoms. The van der Waals surface area contributed by atoms with Crippen LogP contribution in [0, 0.1) is 5.82 Å². The van der Waals surface area contributed by atoms with Crippen LogP contribution in [0.15, 0.2) is 12.1 Å². The fourth-order valence-electron chi connectivity index (χ4n) is 2.03. The first-order valence-corrected chi connectivity index (χ1v) is 5.69. The molecule has 86 valence electrons. The molecule has 16 heavy (non-hydrogen) atoms. The van der Waals surface area contributed by atoms with Gasteiger partial charge in [0.1, 0.15) is 5.82 Å². The van der Waals surface area contributed by atoms with Gasteiger partial charge in [-0.15, -0.1) is 0 Å². The number of hydrogen-bond acceptors (Lipinski definition) is 1. The van der Waals surface area contributed by atoms with Gasteiger partial charge in [-0.2, -0.15) is 5.10 Å². The minimum absolute atomic E-state index is 0.147. The molecule has 0 aliphatic rings. The zero-order chi connectivity index (χ0) is 11.9. The number of hydrogen-bond donors (Lipinski definition) is 0. The van der Waals surface area contributed by atoms with Crippen LogP contribution in [0.3, 0.4) is 0 Å². The number of aryl methyl sites for hydroxylation is 2. The summed E-state index contributed by atoms with van der Waals surface area (Å²) >= 11 is 0. The average Bonchev–Trinajstić information content (AvgIpc) is 2.57. The highest BCUT2D eigenvalue weighted by Crippen LogP contribution is 2.28. The fourth-order valence-corrected chi connectivity index (χ4v) is 2.03. The van der Waals surface area contributed by atoms with E-state index in [1.807, 2.05) is 33.9 Å². The van der Waals surface area contributed by atoms with Crippen LogP contribution in [-0.2, 0) is 13.5 Å². The maximum Gasteiger partial charge on any atom is 0.134 e. The van der Waals surface area contributed by atoms with E-state index in [2.05, 4.69) is 5.10 Å². The second-order valence-electron chi connectivity index (χ2n) is 4.49. The highest BCUT2D eigenvalue weighted by atomic mass is 19.1. The molecule has 0 aliphatic carbocycles. The Morgan fingerprint density at radius 1 is 1.38 bits per heavy atom. The van der Waals surface area contributed by atoms with E-state index in [0.29, 0.717) is 5.39 Å². The number of aromatic nitrogens is 2. The summed E-state index contributed by atoms with van der Waals surface area (Å²) in [4.78, 5) is 0. The fraction of sp³-hybridized carbons (Fsp3) is 0.462. The topological polar surface area (TPSA) is 17.8 Å². The second kappa shape index (κ2) is 3.89. The number of rotatable bonds is 2. The van der Waals surface area contributed by atoms with Gasteiger partial charge in [-0.3, -0.25) is 4.68 Å². The summed E-state index contributed by atoms with van der Waals surface area (Å²) in [6.07, 6.45) is 0.842. The number of nitrogens with zero attached hydrogens (tertiary/aromatic N) is 2. The van der Waals surface area contributed by atoms with Gasteiger partial charge in [0.05, 0.1) is 16.6 Å². The van der Waals surface area contributed by atoms with E-state index in [0.717, 1.165) is 23.2 Å². The smallest absolute Gasteiger partial charge is 0.134 e. The van der Waals surface area contributed by atoms with Crippen molar-refractivity contribution in [2.45, 2.75) is 33.1 Å². The Kier molecular flexibility index (Phi) is 2.70. The van der Waals surface area contributed by atoms with Crippen LogP contribution in [0.4, 0.5) is 4.39 Å². The van der Waals surface area contributed by atoms with Crippen molar-refractivity contribution >= 4 is 10.9 Å². The van der Waals surface area contributed by atoms with Crippen LogP contribution in [-0.4, -0.2) is 9.78 Å². The lowest BCUT2D eigenvalue weighted by Gasteiger charge is -2.03. The zero-order valence-electron chi connectivity index (χ0n) is 10.2. The summed E-state index contributed by atoms with van der Waals surface area (Å²) in [5, 5.41) is 5.08. The van der Waals surface area contributed by atoms with Crippen LogP contribution >= 0.6 is 0 Å². The standard InChI is InChI=1S/C13H17FN2/c1-5-9-6-10(14)12-11(7-9)16(4)15-13(12)8(2)3/h6-8H,5H2,1-4H3. The van der Waals surface area contributed by atoms with Crippen molar-refractivity contribution in [3.63, 3.8) is 0 Å². The lowest BCUT2D eigenvalue weighted by atomic mass is 10.0. The lowest BCUT2D eigenvalue weighted by Crippen LogP contribution is -1.93. The predicted octanol–water partition coefficient (Wildman–Crippen LogP) is 3.40. The quantitative estimate of drug-likeness (QED) is 0.758. The van der Waals surface area contributed by atoms with Crippen LogP contribution in [0.1, 0.15) is 37.9 Å². The van der Waals surface area contributed by atoms with E-state index in [9.17, 15) is 4.39 Å². The van der Waals surface area contributed by atoms with E-state index in [-0.39, 0.29) is 11.7 Å². The van der Waals surface area contributed by atoms with Gasteiger partial charge in [-0.05, 0) is 30.0 Å². The molecule has 0 aliphatic heterocycles. The van der Waals surface area contributed by atoms with Gasteiger partial charge >= 0.3 is 0 Å². The second-order valence-corrected chi connectivity index (χ2v) is 4.49. The van der Waals surface area contributed by atoms with Gasteiger partial charge in [-0.25, -0.2) is 4.39 Å². The molecule has 0 bridgehead atoms. The SMILES string of the molecule is CCc1cc(F)c2c(C(C)C)nn(C)c2c1. The lowest BCUT2D eigenvalue weighted by molar-refractivity contribution is 0.635. The van der Waals surface area contributed by atoms with Gasteiger partial charge < -0.3 is 0 Å². The average molecular weight is 220 g/mol. The first kappa shape index (κ1) is 11.1. The van der Waals surface area contributed by atoms with Crippen LogP contribution in [0.5, 0.6) is 0 Å². The first-order chi connectivity index (χ1) is 7.54. The third-order valence-corrected chi connectivity index (χ3v) is 2.95. The van der Waals surface area contributed by atoms with Gasteiger partial charge in [0.25, 0.3) is 0 Å². The summed E-state index contributed by atoms with van der Waals surface area (Å²) in [5.74, 6) is 0.0943. The molecular formula is C13H17FN2. The van der Waals surface area contributed by atoms with Crippen LogP contribution < -0.4 is 0 Å². The van der Waals surface area contributed by atoms with Crippen molar-refractivity contribution in [1.29, 1.82) is 0 Å². The summed E-state index contributed by atoms with van der Waals surface area (Å²) < 4.78 is 15.8. The predicted molar refractivity (Wildman–Crippen MR) is 64.1 cm³/mol. The molecule has 2 aromatic rings. The third kappa shape index (κ3) is 1.60. The highest BCUT2D eigenvalue weighted by molar-refractivity contribution is 5.83. The monoisotopic (exact) mass is 220 g/mol. The van der Waals surface area contributed by atoms with Gasteiger partial charge in [0.15, 0.2) is 0 Å². The molecule has 3 heteroatoms. The van der Waals surface area contributed by atoms with Crippen molar-refractivity contribution in [3.8, 4) is 0 Å². The molecule has 0 fully saturated rings. The molecule has 2 rings (SSSR count). The van der Waals surface area contributed by atoms with E-state index in [4.69, 9.17) is 0 Å². The van der Waals surface area contributed by atoms with E-state index in [1.54, 1.807) is 10.7 Å². The van der Waals surface area contributed by atoms with Crippen LogP contribution in [0.25, 0.3) is 10.9 Å². The summed E-state index contributed by atoms with van der Waals surface area (Å²) in [6, 6.07) is 3.65. The Balaban J connectivity index is 2.80. The molecule has 1 aromatic carbocycles. The first-order valence-electron chi connectivity index (χ1n) is 5.69. The summed E-state index contributed by atoms with van der Waals surface area (Å²) in [7, 11) is 1.87. The molecule has 0 N–H and O–H groups in total. The molecule has 1 aromatic heterocycles. The normalized spacial score (nSPS) is 11.6. The Hall–Kier alpha value is -1.38. The molecule has 0 atom stereocenters. The van der Waals surface area contributed by atoms with Gasteiger partial charge in [0.2, 0.25) is 0 Å². The van der Waals surface area contributed by atoms with Crippen LogP contribution in [0.2, 0.25) is 0 Å². The Labute approximate surface area is 95.1 Å². The molecule has 1 heterocycles. The van der Waals surface area contributed by atoms with Crippen molar-refractivity contribution in [1.82, 2.24) is 9.78 Å². The summed E-state index contributed by atoms with van der Waals surface area (Å²) in [6.45, 7) is 6.10. The largest absolute Gasteiger partial charge is 0.268 e. The van der Waals surface area contributed by atoms with Crippen molar-refractivity contribution in [3.05, 3.63) is 29.2 Å². The number of fused-ring (bicyclic) bond motifs is 1. The van der Waals surface area contributed by atoms with E-state index < -0.39 is 0 Å². The molecule has 0 radical (unpaired) electrons. The van der Waals surface area contributed by atoms with Gasteiger partial charge in [-0.1, -0.05) is 20.8 Å². The molecule has 0 saturated heterocycles. The minimum atomic E-state index is -0.147. The summed E-state index contributed by atoms with van der Waals surface area (Å²) in [5.41, 5.74) is 2.75. The van der Waals surface area contributed by atoms with E-state index in [1.165, 1.54) is 0 Å². The third-order valence-electron chi connectivity index (χ3n) is 2.95. The Bertz CT molecular complexity index is 526. The minimum Gasteiger partial charge on any atom is -0.268 e. The highest BCUT2D eigenvalue weighted by Gasteiger charge is 2.16. The molecule has 2 nitrogen and oxygen atoms in total. The van der Waals surface area contributed by atoms with Crippen molar-refractivity contribution < 1.29 is 4.39 Å². The molecule has 0 unspecified atom stereocenters.